The smallest absolute Gasteiger partial charge is 0.231 e. The second-order valence-corrected chi connectivity index (χ2v) is 7.20. The summed E-state index contributed by atoms with van der Waals surface area (Å²) in [7, 11) is 1.70. The Bertz CT molecular complexity index is 957. The molecule has 0 fully saturated rings. The van der Waals surface area contributed by atoms with Gasteiger partial charge in [-0.3, -0.25) is 4.90 Å². The van der Waals surface area contributed by atoms with Gasteiger partial charge in [0, 0.05) is 26.2 Å². The molecule has 5 nitrogen and oxygen atoms in total. The molecule has 0 radical (unpaired) electrons. The summed E-state index contributed by atoms with van der Waals surface area (Å²) in [5, 5.41) is 0. The highest BCUT2D eigenvalue weighted by Crippen LogP contribution is 2.33. The molecule has 3 aromatic carbocycles. The zero-order valence-corrected chi connectivity index (χ0v) is 16.6. The fraction of sp³-hybridized carbons (Fsp3) is 0.250. The van der Waals surface area contributed by atoms with E-state index in [1.54, 1.807) is 7.11 Å². The highest BCUT2D eigenvalue weighted by molar-refractivity contribution is 5.44. The van der Waals surface area contributed by atoms with Crippen molar-refractivity contribution >= 4 is 0 Å². The van der Waals surface area contributed by atoms with Crippen molar-refractivity contribution < 1.29 is 14.2 Å². The molecule has 0 saturated carbocycles. The van der Waals surface area contributed by atoms with Crippen molar-refractivity contribution in [1.29, 1.82) is 0 Å². The van der Waals surface area contributed by atoms with E-state index in [0.717, 1.165) is 42.4 Å². The fourth-order valence-electron chi connectivity index (χ4n) is 3.53. The first-order chi connectivity index (χ1) is 14.2. The van der Waals surface area contributed by atoms with Crippen LogP contribution in [0.5, 0.6) is 17.2 Å². The Morgan fingerprint density at radius 1 is 0.793 bits per heavy atom. The van der Waals surface area contributed by atoms with Crippen molar-refractivity contribution in [2.24, 2.45) is 5.73 Å². The van der Waals surface area contributed by atoms with Crippen LogP contribution in [-0.4, -0.2) is 18.8 Å². The van der Waals surface area contributed by atoms with Gasteiger partial charge in [-0.2, -0.15) is 0 Å². The van der Waals surface area contributed by atoms with Crippen LogP contribution in [-0.2, 0) is 26.2 Å². The van der Waals surface area contributed by atoms with E-state index in [2.05, 4.69) is 53.4 Å². The predicted octanol–water partition coefficient (Wildman–Crippen LogP) is 4.09. The molecule has 0 unspecified atom stereocenters. The minimum Gasteiger partial charge on any atom is -0.497 e. The second-order valence-electron chi connectivity index (χ2n) is 7.20. The second kappa shape index (κ2) is 8.99. The lowest BCUT2D eigenvalue weighted by molar-refractivity contribution is 0.174. The third kappa shape index (κ3) is 4.88. The molecule has 2 N–H and O–H groups in total. The maximum Gasteiger partial charge on any atom is 0.231 e. The minimum atomic E-state index is 0.291. The summed E-state index contributed by atoms with van der Waals surface area (Å²) in [6, 6.07) is 22.9. The first-order valence-electron chi connectivity index (χ1n) is 9.75. The van der Waals surface area contributed by atoms with Crippen molar-refractivity contribution in [2.75, 3.05) is 13.9 Å². The molecule has 0 atom stereocenters. The molecule has 29 heavy (non-hydrogen) atoms. The van der Waals surface area contributed by atoms with E-state index < -0.39 is 0 Å². The molecule has 0 bridgehead atoms. The Morgan fingerprint density at radius 3 is 2.21 bits per heavy atom. The Balaban J connectivity index is 1.55. The minimum absolute atomic E-state index is 0.291. The molecule has 3 aromatic rings. The van der Waals surface area contributed by atoms with Gasteiger partial charge in [-0.25, -0.2) is 0 Å². The molecule has 0 aliphatic carbocycles. The molecule has 1 heterocycles. The Kier molecular flexibility index (Phi) is 5.98. The molecule has 0 aromatic heterocycles. The lowest BCUT2D eigenvalue weighted by Gasteiger charge is -2.23. The normalized spacial score (nSPS) is 12.4. The number of hydrogen-bond acceptors (Lipinski definition) is 5. The lowest BCUT2D eigenvalue weighted by Crippen LogP contribution is -2.22. The lowest BCUT2D eigenvalue weighted by atomic mass is 10.1. The zero-order valence-electron chi connectivity index (χ0n) is 16.6. The summed E-state index contributed by atoms with van der Waals surface area (Å²) in [6.07, 6.45) is 0. The van der Waals surface area contributed by atoms with Crippen LogP contribution in [0.25, 0.3) is 0 Å². The van der Waals surface area contributed by atoms with Crippen LogP contribution in [0.3, 0.4) is 0 Å². The number of methoxy groups -OCH3 is 1. The highest BCUT2D eigenvalue weighted by atomic mass is 16.7. The standard InChI is InChI=1S/C24H26N2O3/c1-27-22-4-2-3-20(11-22)15-26(14-19-7-5-18(13-25)6-8-19)16-21-9-10-23-24(12-21)29-17-28-23/h2-12H,13-17,25H2,1H3. The van der Waals surface area contributed by atoms with Crippen LogP contribution < -0.4 is 19.9 Å². The van der Waals surface area contributed by atoms with Crippen molar-refractivity contribution in [3.05, 3.63) is 89.0 Å². The number of rotatable bonds is 8. The van der Waals surface area contributed by atoms with Gasteiger partial charge >= 0.3 is 0 Å². The largest absolute Gasteiger partial charge is 0.497 e. The highest BCUT2D eigenvalue weighted by Gasteiger charge is 2.15. The summed E-state index contributed by atoms with van der Waals surface area (Å²) in [5.41, 5.74) is 10.5. The molecule has 1 aliphatic rings. The van der Waals surface area contributed by atoms with Crippen molar-refractivity contribution in [1.82, 2.24) is 4.90 Å². The van der Waals surface area contributed by atoms with E-state index in [-0.39, 0.29) is 0 Å². The third-order valence-corrected chi connectivity index (χ3v) is 5.05. The van der Waals surface area contributed by atoms with Gasteiger partial charge in [0.2, 0.25) is 6.79 Å². The SMILES string of the molecule is COc1cccc(CN(Cc2ccc(CN)cc2)Cc2ccc3c(c2)OCO3)c1. The zero-order chi connectivity index (χ0) is 20.1. The van der Waals surface area contributed by atoms with E-state index in [1.807, 2.05) is 18.2 Å². The molecular formula is C24H26N2O3. The van der Waals surface area contributed by atoms with Crippen LogP contribution in [0.4, 0.5) is 0 Å². The Morgan fingerprint density at radius 2 is 1.45 bits per heavy atom. The first-order valence-corrected chi connectivity index (χ1v) is 9.75. The Hall–Kier alpha value is -3.02. The maximum absolute atomic E-state index is 5.73. The quantitative estimate of drug-likeness (QED) is 0.628. The molecule has 0 spiro atoms. The number of nitrogens with two attached hydrogens (primary N) is 1. The van der Waals surface area contributed by atoms with Gasteiger partial charge in [-0.1, -0.05) is 42.5 Å². The van der Waals surface area contributed by atoms with E-state index in [4.69, 9.17) is 19.9 Å². The molecule has 0 amide bonds. The summed E-state index contributed by atoms with van der Waals surface area (Å²) in [4.78, 5) is 2.41. The van der Waals surface area contributed by atoms with E-state index >= 15 is 0 Å². The molecule has 0 saturated heterocycles. The number of benzene rings is 3. The molecule has 1 aliphatic heterocycles. The molecule has 150 valence electrons. The topological polar surface area (TPSA) is 57.0 Å². The number of fused-ring (bicyclic) bond motifs is 1. The Labute approximate surface area is 171 Å². The van der Waals surface area contributed by atoms with Gasteiger partial charge in [-0.05, 0) is 46.5 Å². The van der Waals surface area contributed by atoms with Gasteiger partial charge < -0.3 is 19.9 Å². The predicted molar refractivity (Wildman–Crippen MR) is 113 cm³/mol. The summed E-state index contributed by atoms with van der Waals surface area (Å²) in [5.74, 6) is 2.50. The average molecular weight is 390 g/mol. The monoisotopic (exact) mass is 390 g/mol. The van der Waals surface area contributed by atoms with Crippen LogP contribution in [0.2, 0.25) is 0 Å². The van der Waals surface area contributed by atoms with Crippen LogP contribution in [0, 0.1) is 0 Å². The average Bonchev–Trinajstić information content (AvgIpc) is 3.22. The van der Waals surface area contributed by atoms with E-state index in [9.17, 15) is 0 Å². The van der Waals surface area contributed by atoms with E-state index in [0.29, 0.717) is 13.3 Å². The summed E-state index contributed by atoms with van der Waals surface area (Å²) >= 11 is 0. The number of nitrogens with zero attached hydrogens (tertiary/aromatic N) is 1. The van der Waals surface area contributed by atoms with Crippen molar-refractivity contribution in [3.63, 3.8) is 0 Å². The van der Waals surface area contributed by atoms with Crippen molar-refractivity contribution in [2.45, 2.75) is 26.2 Å². The molecular weight excluding hydrogens is 364 g/mol. The molecule has 5 heteroatoms. The van der Waals surface area contributed by atoms with Gasteiger partial charge in [0.25, 0.3) is 0 Å². The van der Waals surface area contributed by atoms with Gasteiger partial charge in [-0.15, -0.1) is 0 Å². The van der Waals surface area contributed by atoms with E-state index in [1.165, 1.54) is 16.7 Å². The third-order valence-electron chi connectivity index (χ3n) is 5.05. The van der Waals surface area contributed by atoms with Gasteiger partial charge in [0.1, 0.15) is 5.75 Å². The summed E-state index contributed by atoms with van der Waals surface area (Å²) < 4.78 is 16.4. The molecule has 4 rings (SSSR count). The van der Waals surface area contributed by atoms with Crippen LogP contribution >= 0.6 is 0 Å². The fourth-order valence-corrected chi connectivity index (χ4v) is 3.53. The van der Waals surface area contributed by atoms with Gasteiger partial charge in [0.05, 0.1) is 7.11 Å². The van der Waals surface area contributed by atoms with Crippen molar-refractivity contribution in [3.8, 4) is 17.2 Å². The number of hydrogen-bond donors (Lipinski definition) is 1. The summed E-state index contributed by atoms with van der Waals surface area (Å²) in [6.45, 7) is 3.29. The number of ether oxygens (including phenoxy) is 3. The van der Waals surface area contributed by atoms with Crippen LogP contribution in [0.1, 0.15) is 22.3 Å². The van der Waals surface area contributed by atoms with Crippen LogP contribution in [0.15, 0.2) is 66.7 Å². The maximum atomic E-state index is 5.73. The first kappa shape index (κ1) is 19.3. The van der Waals surface area contributed by atoms with Gasteiger partial charge in [0.15, 0.2) is 11.5 Å².